The molecule has 0 spiro atoms. The van der Waals surface area contributed by atoms with Gasteiger partial charge < -0.3 is 10.2 Å². The molecule has 1 atom stereocenters. The van der Waals surface area contributed by atoms with Crippen LogP contribution in [0.25, 0.3) is 0 Å². The summed E-state index contributed by atoms with van der Waals surface area (Å²) >= 11 is 6.12. The quantitative estimate of drug-likeness (QED) is 0.898. The number of amides is 1. The van der Waals surface area contributed by atoms with Crippen LogP contribution in [0, 0.1) is 0 Å². The summed E-state index contributed by atoms with van der Waals surface area (Å²) < 4.78 is 1.90. The van der Waals surface area contributed by atoms with Gasteiger partial charge in [-0.1, -0.05) is 23.7 Å². The van der Waals surface area contributed by atoms with E-state index in [0.29, 0.717) is 18.8 Å². The standard InChI is InChI=1S/C19H23ClN4O/c1-23-17-8-3-2-7-15(17)18(22-23)19(25)24-10-9-21-16(12-24)13-5-4-6-14(20)11-13/h4-6,11,16,21H,2-3,7-10,12H2,1H3. The lowest BCUT2D eigenvalue weighted by molar-refractivity contribution is 0.0695. The minimum atomic E-state index is 0.0623. The van der Waals surface area contributed by atoms with Gasteiger partial charge in [0, 0.05) is 43.0 Å². The molecule has 1 unspecified atom stereocenters. The molecule has 1 aliphatic heterocycles. The highest BCUT2D eigenvalue weighted by molar-refractivity contribution is 6.30. The average Bonchev–Trinajstić information content (AvgIpc) is 2.98. The number of nitrogens with zero attached hydrogens (tertiary/aromatic N) is 3. The molecule has 1 N–H and O–H groups in total. The lowest BCUT2D eigenvalue weighted by Crippen LogP contribution is -2.48. The van der Waals surface area contributed by atoms with Crippen LogP contribution in [0.5, 0.6) is 0 Å². The molecule has 4 rings (SSSR count). The fourth-order valence-electron chi connectivity index (χ4n) is 3.97. The second-order valence-corrected chi connectivity index (χ2v) is 7.35. The van der Waals surface area contributed by atoms with Gasteiger partial charge in [-0.05, 0) is 43.4 Å². The van der Waals surface area contributed by atoms with Crippen molar-refractivity contribution in [2.24, 2.45) is 7.05 Å². The largest absolute Gasteiger partial charge is 0.334 e. The number of halogens is 1. The van der Waals surface area contributed by atoms with E-state index in [0.717, 1.165) is 42.0 Å². The summed E-state index contributed by atoms with van der Waals surface area (Å²) in [6.07, 6.45) is 4.32. The number of fused-ring (bicyclic) bond motifs is 1. The van der Waals surface area contributed by atoms with E-state index in [2.05, 4.69) is 16.5 Å². The highest BCUT2D eigenvalue weighted by atomic mass is 35.5. The lowest BCUT2D eigenvalue weighted by Gasteiger charge is -2.34. The molecule has 1 aliphatic carbocycles. The summed E-state index contributed by atoms with van der Waals surface area (Å²) in [6, 6.07) is 7.96. The Kier molecular flexibility index (Phi) is 4.52. The normalized spacial score (nSPS) is 20.4. The van der Waals surface area contributed by atoms with Gasteiger partial charge in [0.1, 0.15) is 0 Å². The fourth-order valence-corrected chi connectivity index (χ4v) is 4.17. The van der Waals surface area contributed by atoms with Crippen molar-refractivity contribution in [3.63, 3.8) is 0 Å². The highest BCUT2D eigenvalue weighted by Crippen LogP contribution is 2.26. The summed E-state index contributed by atoms with van der Waals surface area (Å²) in [7, 11) is 1.95. The van der Waals surface area contributed by atoms with Crippen molar-refractivity contribution in [3.05, 3.63) is 51.8 Å². The maximum atomic E-state index is 13.1. The van der Waals surface area contributed by atoms with E-state index in [-0.39, 0.29) is 11.9 Å². The fraction of sp³-hybridized carbons (Fsp3) is 0.474. The molecule has 2 aliphatic rings. The van der Waals surface area contributed by atoms with Gasteiger partial charge in [-0.3, -0.25) is 9.48 Å². The van der Waals surface area contributed by atoms with Crippen molar-refractivity contribution in [2.45, 2.75) is 31.7 Å². The topological polar surface area (TPSA) is 50.2 Å². The predicted octanol–water partition coefficient (Wildman–Crippen LogP) is 2.74. The van der Waals surface area contributed by atoms with Gasteiger partial charge in [0.2, 0.25) is 0 Å². The summed E-state index contributed by atoms with van der Waals surface area (Å²) in [5, 5.41) is 8.78. The van der Waals surface area contributed by atoms with Gasteiger partial charge in [-0.15, -0.1) is 0 Å². The Labute approximate surface area is 153 Å². The summed E-state index contributed by atoms with van der Waals surface area (Å²) in [5.74, 6) is 0.0623. The van der Waals surface area contributed by atoms with E-state index in [1.807, 2.05) is 34.8 Å². The SMILES string of the molecule is Cn1nc(C(=O)N2CCNC(c3cccc(Cl)c3)C2)c2c1CCCC2. The molecule has 1 aromatic heterocycles. The number of hydrogen-bond donors (Lipinski definition) is 1. The van der Waals surface area contributed by atoms with Crippen LogP contribution in [0.2, 0.25) is 5.02 Å². The van der Waals surface area contributed by atoms with Crippen LogP contribution >= 0.6 is 11.6 Å². The molecule has 2 heterocycles. The Morgan fingerprint density at radius 3 is 3.00 bits per heavy atom. The summed E-state index contributed by atoms with van der Waals surface area (Å²) in [5.41, 5.74) is 4.17. The van der Waals surface area contributed by atoms with Crippen molar-refractivity contribution in [1.82, 2.24) is 20.0 Å². The molecule has 0 saturated carbocycles. The lowest BCUT2D eigenvalue weighted by atomic mass is 9.95. The number of rotatable bonds is 2. The van der Waals surface area contributed by atoms with Crippen molar-refractivity contribution >= 4 is 17.5 Å². The highest BCUT2D eigenvalue weighted by Gasteiger charge is 2.30. The Hall–Kier alpha value is -1.85. The van der Waals surface area contributed by atoms with Crippen molar-refractivity contribution in [2.75, 3.05) is 19.6 Å². The monoisotopic (exact) mass is 358 g/mol. The second-order valence-electron chi connectivity index (χ2n) is 6.92. The number of aryl methyl sites for hydroxylation is 1. The van der Waals surface area contributed by atoms with E-state index in [1.54, 1.807) is 0 Å². The smallest absolute Gasteiger partial charge is 0.274 e. The van der Waals surface area contributed by atoms with Crippen molar-refractivity contribution < 1.29 is 4.79 Å². The number of nitrogens with one attached hydrogen (secondary N) is 1. The van der Waals surface area contributed by atoms with Gasteiger partial charge in [0.25, 0.3) is 5.91 Å². The zero-order valence-corrected chi connectivity index (χ0v) is 15.2. The molecule has 5 nitrogen and oxygen atoms in total. The Balaban J connectivity index is 1.56. The van der Waals surface area contributed by atoms with Crippen LogP contribution in [0.1, 0.15) is 46.2 Å². The summed E-state index contributed by atoms with van der Waals surface area (Å²) in [4.78, 5) is 15.1. The van der Waals surface area contributed by atoms with E-state index in [9.17, 15) is 4.79 Å². The number of hydrogen-bond acceptors (Lipinski definition) is 3. The minimum Gasteiger partial charge on any atom is -0.334 e. The second kappa shape index (κ2) is 6.81. The molecule has 1 saturated heterocycles. The van der Waals surface area contributed by atoms with Crippen LogP contribution in [0.15, 0.2) is 24.3 Å². The molecule has 6 heteroatoms. The average molecular weight is 359 g/mol. The van der Waals surface area contributed by atoms with Gasteiger partial charge >= 0.3 is 0 Å². The maximum absolute atomic E-state index is 13.1. The van der Waals surface area contributed by atoms with Crippen LogP contribution in [0.4, 0.5) is 0 Å². The molecule has 1 amide bonds. The number of carbonyl (C=O) groups is 1. The first-order valence-corrected chi connectivity index (χ1v) is 9.34. The van der Waals surface area contributed by atoms with Crippen LogP contribution in [-0.4, -0.2) is 40.2 Å². The first kappa shape index (κ1) is 16.6. The third-order valence-corrected chi connectivity index (χ3v) is 5.52. The first-order valence-electron chi connectivity index (χ1n) is 8.96. The molecule has 2 aromatic rings. The number of aromatic nitrogens is 2. The van der Waals surface area contributed by atoms with Crippen molar-refractivity contribution in [3.8, 4) is 0 Å². The van der Waals surface area contributed by atoms with Crippen molar-refractivity contribution in [1.29, 1.82) is 0 Å². The molecule has 132 valence electrons. The first-order chi connectivity index (χ1) is 12.1. The van der Waals surface area contributed by atoms with E-state index in [1.165, 1.54) is 12.1 Å². The molecular formula is C19H23ClN4O. The zero-order chi connectivity index (χ0) is 17.4. The van der Waals surface area contributed by atoms with Gasteiger partial charge in [-0.25, -0.2) is 0 Å². The van der Waals surface area contributed by atoms with Gasteiger partial charge in [-0.2, -0.15) is 5.10 Å². The molecular weight excluding hydrogens is 336 g/mol. The molecule has 0 bridgehead atoms. The van der Waals surface area contributed by atoms with Crippen LogP contribution in [0.3, 0.4) is 0 Å². The maximum Gasteiger partial charge on any atom is 0.274 e. The molecule has 25 heavy (non-hydrogen) atoms. The predicted molar refractivity (Wildman–Crippen MR) is 97.9 cm³/mol. The zero-order valence-electron chi connectivity index (χ0n) is 14.5. The number of benzene rings is 1. The third kappa shape index (κ3) is 3.18. The van der Waals surface area contributed by atoms with E-state index < -0.39 is 0 Å². The Bertz CT molecular complexity index is 801. The van der Waals surface area contributed by atoms with Gasteiger partial charge in [0.05, 0.1) is 6.04 Å². The molecule has 1 aromatic carbocycles. The Morgan fingerprint density at radius 1 is 1.32 bits per heavy atom. The van der Waals surface area contributed by atoms with Gasteiger partial charge in [0.15, 0.2) is 5.69 Å². The third-order valence-electron chi connectivity index (χ3n) is 5.28. The molecule has 0 radical (unpaired) electrons. The summed E-state index contributed by atoms with van der Waals surface area (Å²) in [6.45, 7) is 2.13. The Morgan fingerprint density at radius 2 is 2.16 bits per heavy atom. The van der Waals surface area contributed by atoms with E-state index in [4.69, 9.17) is 11.6 Å². The minimum absolute atomic E-state index is 0.0623. The number of carbonyl (C=O) groups excluding carboxylic acids is 1. The van der Waals surface area contributed by atoms with E-state index >= 15 is 0 Å². The van der Waals surface area contributed by atoms with Crippen LogP contribution in [-0.2, 0) is 19.9 Å². The molecule has 1 fully saturated rings. The van der Waals surface area contributed by atoms with Crippen LogP contribution < -0.4 is 5.32 Å². The number of piperazine rings is 1.